The second-order valence-electron chi connectivity index (χ2n) is 8.67. The third-order valence-corrected chi connectivity index (χ3v) is 6.35. The molecule has 178 valence electrons. The lowest BCUT2D eigenvalue weighted by Crippen LogP contribution is -2.44. The summed E-state index contributed by atoms with van der Waals surface area (Å²) < 4.78 is 30.1. The maximum atomic E-state index is 16.3. The molecule has 0 saturated carbocycles. The highest BCUT2D eigenvalue weighted by Crippen LogP contribution is 2.42. The van der Waals surface area contributed by atoms with Crippen molar-refractivity contribution in [3.05, 3.63) is 40.8 Å². The molecular formula is C24H27ClFN7O. The van der Waals surface area contributed by atoms with E-state index in [1.54, 1.807) is 12.3 Å². The number of aromatic nitrogens is 4. The number of rotatable bonds is 6. The van der Waals surface area contributed by atoms with Crippen LogP contribution in [0.3, 0.4) is 0 Å². The second-order valence-corrected chi connectivity index (χ2v) is 9.08. The summed E-state index contributed by atoms with van der Waals surface area (Å²) in [6.07, 6.45) is 1.68. The molecule has 1 fully saturated rings. The molecular weight excluding hydrogens is 457 g/mol. The Morgan fingerprint density at radius 3 is 2.76 bits per heavy atom. The highest BCUT2D eigenvalue weighted by molar-refractivity contribution is 6.35. The van der Waals surface area contributed by atoms with Gasteiger partial charge in [0.1, 0.15) is 19.4 Å². The Balaban J connectivity index is 1.70. The number of fused-ring (bicyclic) bond motifs is 2. The Bertz CT molecular complexity index is 1390. The van der Waals surface area contributed by atoms with Crippen molar-refractivity contribution in [1.82, 2.24) is 30.4 Å². The molecule has 0 aliphatic carbocycles. The van der Waals surface area contributed by atoms with Gasteiger partial charge in [0.25, 0.3) is 0 Å². The van der Waals surface area contributed by atoms with Gasteiger partial charge in [0.05, 0.1) is 16.7 Å². The summed E-state index contributed by atoms with van der Waals surface area (Å²) in [5.74, 6) is 0.0399. The largest absolute Gasteiger partial charge is 0.462 e. The van der Waals surface area contributed by atoms with Gasteiger partial charge >= 0.3 is 6.01 Å². The number of aryl methyl sites for hydroxylation is 1. The molecule has 10 heteroatoms. The zero-order valence-corrected chi connectivity index (χ0v) is 20.2. The molecule has 8 nitrogen and oxygen atoms in total. The minimum Gasteiger partial charge on any atom is -0.462 e. The van der Waals surface area contributed by atoms with Gasteiger partial charge in [-0.1, -0.05) is 17.7 Å². The quantitative estimate of drug-likeness (QED) is 0.431. The van der Waals surface area contributed by atoms with Crippen molar-refractivity contribution in [3.63, 3.8) is 0 Å². The van der Waals surface area contributed by atoms with Crippen molar-refractivity contribution in [2.75, 3.05) is 58.3 Å². The van der Waals surface area contributed by atoms with Gasteiger partial charge in [-0.15, -0.1) is 0 Å². The number of ether oxygens (including phenoxy) is 1. The molecule has 2 aromatic heterocycles. The van der Waals surface area contributed by atoms with Crippen molar-refractivity contribution >= 4 is 39.2 Å². The van der Waals surface area contributed by atoms with Gasteiger partial charge in [0, 0.05) is 54.6 Å². The number of likely N-dealkylation sites (N-methyl/N-ethyl adjacent to an activating group) is 1. The number of nitrogens with one attached hydrogen (secondary N) is 2. The molecule has 5 rings (SSSR count). The van der Waals surface area contributed by atoms with Crippen LogP contribution < -0.4 is 14.9 Å². The van der Waals surface area contributed by atoms with Gasteiger partial charge in [-0.25, -0.2) is 4.39 Å². The zero-order valence-electron chi connectivity index (χ0n) is 20.4. The Morgan fingerprint density at radius 2 is 2.00 bits per heavy atom. The van der Waals surface area contributed by atoms with Crippen molar-refractivity contribution in [1.29, 1.82) is 0 Å². The lowest BCUT2D eigenvalue weighted by atomic mass is 9.95. The van der Waals surface area contributed by atoms with E-state index in [-0.39, 0.29) is 22.1 Å². The third-order valence-electron chi connectivity index (χ3n) is 6.05. The summed E-state index contributed by atoms with van der Waals surface area (Å²) in [6.45, 7) is 5.24. The van der Waals surface area contributed by atoms with E-state index in [1.807, 2.05) is 43.0 Å². The number of benzene rings is 2. The van der Waals surface area contributed by atoms with Crippen molar-refractivity contribution in [2.45, 2.75) is 6.92 Å². The highest BCUT2D eigenvalue weighted by Gasteiger charge is 2.25. The summed E-state index contributed by atoms with van der Waals surface area (Å²) in [7, 11) is 3.90. The minimum absolute atomic E-state index is 0.119. The van der Waals surface area contributed by atoms with Crippen LogP contribution >= 0.6 is 11.6 Å². The molecule has 3 heterocycles. The molecule has 1 aliphatic heterocycles. The van der Waals surface area contributed by atoms with Gasteiger partial charge in [-0.3, -0.25) is 5.10 Å². The maximum Gasteiger partial charge on any atom is 0.319 e. The van der Waals surface area contributed by atoms with E-state index in [1.165, 1.54) is 5.31 Å². The predicted molar refractivity (Wildman–Crippen MR) is 133 cm³/mol. The first-order valence-electron chi connectivity index (χ1n) is 11.7. The molecule has 0 unspecified atom stereocenters. The van der Waals surface area contributed by atoms with Crippen molar-refractivity contribution in [3.8, 4) is 17.1 Å². The fourth-order valence-electron chi connectivity index (χ4n) is 4.29. The number of hydrogen-bond acceptors (Lipinski definition) is 7. The third kappa shape index (κ3) is 4.15. The van der Waals surface area contributed by atoms with E-state index in [9.17, 15) is 0 Å². The molecule has 2 aromatic carbocycles. The summed E-state index contributed by atoms with van der Waals surface area (Å²) in [4.78, 5) is 13.1. The SMILES string of the molecule is [3H]N1CCN(c2nc(OCCN(C)C)nc3c(F)c(-c4c(C)ccc5[nH]ncc45)c(Cl)cc23)CC1. The van der Waals surface area contributed by atoms with Gasteiger partial charge in [-0.05, 0) is 38.7 Å². The van der Waals surface area contributed by atoms with Crippen LogP contribution in [0.15, 0.2) is 24.4 Å². The molecule has 4 aromatic rings. The van der Waals surface area contributed by atoms with Crippen LogP contribution in [-0.2, 0) is 0 Å². The van der Waals surface area contributed by atoms with Crippen LogP contribution in [0.2, 0.25) is 6.43 Å². The molecule has 0 bridgehead atoms. The van der Waals surface area contributed by atoms with E-state index in [4.69, 9.17) is 17.7 Å². The molecule has 34 heavy (non-hydrogen) atoms. The topological polar surface area (TPSA) is 82.2 Å². The molecule has 0 amide bonds. The van der Waals surface area contributed by atoms with E-state index >= 15 is 4.39 Å². The number of H-pyrrole nitrogens is 1. The number of anilines is 1. The molecule has 1 aliphatic rings. The van der Waals surface area contributed by atoms with E-state index in [0.717, 1.165) is 16.5 Å². The van der Waals surface area contributed by atoms with Gasteiger partial charge in [0.2, 0.25) is 0 Å². The molecule has 0 spiro atoms. The van der Waals surface area contributed by atoms with E-state index in [2.05, 4.69) is 20.2 Å². The predicted octanol–water partition coefficient (Wildman–Crippen LogP) is 3.62. The summed E-state index contributed by atoms with van der Waals surface area (Å²) >= 11 is 6.76. The van der Waals surface area contributed by atoms with Crippen molar-refractivity contribution < 1.29 is 10.5 Å². The van der Waals surface area contributed by atoms with Crippen LogP contribution in [0.5, 0.6) is 6.01 Å². The summed E-state index contributed by atoms with van der Waals surface area (Å²) in [5.41, 5.74) is 2.79. The van der Waals surface area contributed by atoms with Crippen LogP contribution in [0.1, 0.15) is 5.56 Å². The maximum absolute atomic E-state index is 16.3. The first-order chi connectivity index (χ1) is 16.8. The Kier molecular flexibility index (Phi) is 5.90. The number of hydrogen-bond donors (Lipinski definition) is 2. The molecule has 0 atom stereocenters. The van der Waals surface area contributed by atoms with Gasteiger partial charge < -0.3 is 19.8 Å². The fraction of sp³-hybridized carbons (Fsp3) is 0.375. The lowest BCUT2D eigenvalue weighted by molar-refractivity contribution is 0.246. The normalized spacial score (nSPS) is 15.5. The average Bonchev–Trinajstić information content (AvgIpc) is 3.30. The smallest absolute Gasteiger partial charge is 0.319 e. The van der Waals surface area contributed by atoms with Gasteiger partial charge in [0.15, 0.2) is 5.82 Å². The first-order valence-corrected chi connectivity index (χ1v) is 11.6. The lowest BCUT2D eigenvalue weighted by Gasteiger charge is -2.29. The minimum atomic E-state index is -0.524. The fourth-order valence-corrected chi connectivity index (χ4v) is 4.58. The van der Waals surface area contributed by atoms with Crippen LogP contribution in [0, 0.1) is 12.7 Å². The second kappa shape index (κ2) is 9.32. The van der Waals surface area contributed by atoms with Crippen LogP contribution in [0.25, 0.3) is 32.9 Å². The number of halogens is 2. The van der Waals surface area contributed by atoms with Crippen LogP contribution in [-0.4, -0.2) is 78.5 Å². The van der Waals surface area contributed by atoms with E-state index < -0.39 is 5.82 Å². The monoisotopic (exact) mass is 485 g/mol. The zero-order chi connectivity index (χ0) is 24.7. The number of aromatic amines is 1. The van der Waals surface area contributed by atoms with Gasteiger partial charge in [-0.2, -0.15) is 15.1 Å². The number of piperazine rings is 1. The Morgan fingerprint density at radius 1 is 1.21 bits per heavy atom. The number of nitrogens with zero attached hydrogens (tertiary/aromatic N) is 5. The Hall–Kier alpha value is -3.01. The highest BCUT2D eigenvalue weighted by atomic mass is 35.5. The first kappa shape index (κ1) is 21.5. The standard InChI is InChI=1S/C24H27ClFN7O/c1-14-4-5-18-16(13-28-31-18)19(14)20-17(25)12-15-22(21(20)26)29-24(34-11-10-32(2)3)30-23(15)33-8-6-27-7-9-33/h4-5,12-13,27H,6-11H2,1-3H3,(H,28,31)/i/hT. The van der Waals surface area contributed by atoms with E-state index in [0.29, 0.717) is 56.1 Å². The summed E-state index contributed by atoms with van der Waals surface area (Å²) in [5, 5.41) is 10.2. The molecule has 1 saturated heterocycles. The summed E-state index contributed by atoms with van der Waals surface area (Å²) in [6, 6.07) is 5.68. The average molecular weight is 486 g/mol. The van der Waals surface area contributed by atoms with Crippen LogP contribution in [0.4, 0.5) is 10.2 Å². The van der Waals surface area contributed by atoms with Crippen molar-refractivity contribution in [2.24, 2.45) is 0 Å². The molecule has 0 radical (unpaired) electrons. The molecule has 2 N–H and O–H groups in total. The Labute approximate surface area is 203 Å².